The van der Waals surface area contributed by atoms with Gasteiger partial charge < -0.3 is 15.7 Å². The summed E-state index contributed by atoms with van der Waals surface area (Å²) in [6.07, 6.45) is -0.525. The number of nitrogens with zero attached hydrogens (tertiary/aromatic N) is 1. The summed E-state index contributed by atoms with van der Waals surface area (Å²) in [5, 5.41) is 9.84. The molecular weight excluding hydrogens is 188 g/mol. The monoisotopic (exact) mass is 208 g/mol. The van der Waals surface area contributed by atoms with Crippen molar-refractivity contribution in [2.24, 2.45) is 5.73 Å². The Labute approximate surface area is 91.5 Å². The first-order valence-electron chi connectivity index (χ1n) is 5.17. The van der Waals surface area contributed by atoms with Gasteiger partial charge in [0.05, 0.1) is 12.1 Å². The maximum atomic E-state index is 9.84. The van der Waals surface area contributed by atoms with Gasteiger partial charge in [-0.2, -0.15) is 0 Å². The number of rotatable bonds is 4. The highest BCUT2D eigenvalue weighted by atomic mass is 16.3. The van der Waals surface area contributed by atoms with Crippen molar-refractivity contribution in [1.29, 1.82) is 0 Å². The van der Waals surface area contributed by atoms with Gasteiger partial charge in [-0.15, -0.1) is 0 Å². The molecule has 0 amide bonds. The third-order valence-corrected chi connectivity index (χ3v) is 2.58. The van der Waals surface area contributed by atoms with Crippen molar-refractivity contribution in [2.45, 2.75) is 19.1 Å². The lowest BCUT2D eigenvalue weighted by Crippen LogP contribution is -2.36. The van der Waals surface area contributed by atoms with E-state index in [0.29, 0.717) is 0 Å². The van der Waals surface area contributed by atoms with Crippen molar-refractivity contribution in [3.8, 4) is 0 Å². The van der Waals surface area contributed by atoms with Crippen molar-refractivity contribution in [3.05, 3.63) is 35.4 Å². The highest BCUT2D eigenvalue weighted by Crippen LogP contribution is 2.21. The highest BCUT2D eigenvalue weighted by molar-refractivity contribution is 5.25. The minimum absolute atomic E-state index is 0.0319. The van der Waals surface area contributed by atoms with Crippen LogP contribution in [-0.2, 0) is 0 Å². The van der Waals surface area contributed by atoms with Crippen LogP contribution in [0.5, 0.6) is 0 Å². The second-order valence-electron chi connectivity index (χ2n) is 4.12. The molecule has 0 fully saturated rings. The summed E-state index contributed by atoms with van der Waals surface area (Å²) in [4.78, 5) is 1.99. The van der Waals surface area contributed by atoms with Gasteiger partial charge >= 0.3 is 0 Å². The molecule has 0 spiro atoms. The van der Waals surface area contributed by atoms with E-state index >= 15 is 0 Å². The first-order valence-corrected chi connectivity index (χ1v) is 5.17. The predicted octanol–water partition coefficient (Wildman–Crippen LogP) is 0.917. The van der Waals surface area contributed by atoms with Crippen molar-refractivity contribution in [2.75, 3.05) is 20.6 Å². The van der Waals surface area contributed by atoms with Gasteiger partial charge in [-0.3, -0.25) is 0 Å². The summed E-state index contributed by atoms with van der Waals surface area (Å²) in [5.41, 5.74) is 7.82. The zero-order chi connectivity index (χ0) is 11.4. The Hall–Kier alpha value is -0.900. The van der Waals surface area contributed by atoms with Crippen LogP contribution in [0.15, 0.2) is 24.3 Å². The summed E-state index contributed by atoms with van der Waals surface area (Å²) in [7, 11) is 3.90. The molecule has 1 rings (SSSR count). The number of nitrogens with two attached hydrogens (primary N) is 1. The Morgan fingerprint density at radius 2 is 1.80 bits per heavy atom. The third kappa shape index (κ3) is 3.02. The second kappa shape index (κ2) is 5.26. The smallest absolute Gasteiger partial charge is 0.0858 e. The van der Waals surface area contributed by atoms with E-state index in [1.165, 1.54) is 5.56 Å². The fourth-order valence-corrected chi connectivity index (χ4v) is 1.76. The van der Waals surface area contributed by atoms with E-state index in [1.54, 1.807) is 0 Å². The lowest BCUT2D eigenvalue weighted by Gasteiger charge is -2.28. The van der Waals surface area contributed by atoms with E-state index in [2.05, 4.69) is 12.1 Å². The molecule has 0 aromatic heterocycles. The van der Waals surface area contributed by atoms with Crippen LogP contribution in [0.1, 0.15) is 17.2 Å². The molecule has 84 valence electrons. The summed E-state index contributed by atoms with van der Waals surface area (Å²) in [6.45, 7) is 2.32. The van der Waals surface area contributed by atoms with E-state index in [4.69, 9.17) is 5.73 Å². The van der Waals surface area contributed by atoms with Crippen LogP contribution in [0, 0.1) is 6.92 Å². The Morgan fingerprint density at radius 1 is 1.27 bits per heavy atom. The average molecular weight is 208 g/mol. The largest absolute Gasteiger partial charge is 0.390 e. The first-order chi connectivity index (χ1) is 7.06. The van der Waals surface area contributed by atoms with E-state index in [1.807, 2.05) is 38.1 Å². The number of aliphatic hydroxyl groups excluding tert-OH is 1. The molecular formula is C12H20N2O. The Bertz CT molecular complexity index is 295. The number of aliphatic hydroxyl groups is 1. The normalized spacial score (nSPS) is 15.3. The minimum atomic E-state index is -0.525. The molecule has 2 atom stereocenters. The molecule has 0 aliphatic rings. The first kappa shape index (κ1) is 12.2. The Balaban J connectivity index is 2.94. The predicted molar refractivity (Wildman–Crippen MR) is 62.7 cm³/mol. The van der Waals surface area contributed by atoms with Gasteiger partial charge in [0.1, 0.15) is 0 Å². The number of benzene rings is 1. The molecule has 0 saturated carbocycles. The van der Waals surface area contributed by atoms with Gasteiger partial charge in [-0.25, -0.2) is 0 Å². The molecule has 0 aliphatic carbocycles. The van der Waals surface area contributed by atoms with Crippen molar-refractivity contribution in [3.63, 3.8) is 0 Å². The van der Waals surface area contributed by atoms with E-state index in [0.717, 1.165) is 5.56 Å². The fourth-order valence-electron chi connectivity index (χ4n) is 1.76. The Morgan fingerprint density at radius 3 is 2.20 bits per heavy atom. The molecule has 2 unspecified atom stereocenters. The van der Waals surface area contributed by atoms with E-state index < -0.39 is 6.10 Å². The van der Waals surface area contributed by atoms with Crippen LogP contribution >= 0.6 is 0 Å². The van der Waals surface area contributed by atoms with Crippen LogP contribution in [0.25, 0.3) is 0 Å². The number of hydrogen-bond donors (Lipinski definition) is 2. The number of likely N-dealkylation sites (N-methyl/N-ethyl adjacent to an activating group) is 1. The standard InChI is InChI=1S/C12H20N2O/c1-9-4-6-10(7-5-9)12(14(2)3)11(15)8-13/h4-7,11-12,15H,8,13H2,1-3H3. The molecule has 1 aromatic rings. The zero-order valence-electron chi connectivity index (χ0n) is 9.64. The minimum Gasteiger partial charge on any atom is -0.390 e. The number of hydrogen-bond acceptors (Lipinski definition) is 3. The molecule has 1 aromatic carbocycles. The van der Waals surface area contributed by atoms with Crippen LogP contribution in [0.3, 0.4) is 0 Å². The van der Waals surface area contributed by atoms with Crippen molar-refractivity contribution >= 4 is 0 Å². The van der Waals surface area contributed by atoms with Gasteiger partial charge in [0.2, 0.25) is 0 Å². The van der Waals surface area contributed by atoms with E-state index in [9.17, 15) is 5.11 Å². The molecule has 15 heavy (non-hydrogen) atoms. The molecule has 3 heteroatoms. The average Bonchev–Trinajstić information content (AvgIpc) is 2.20. The van der Waals surface area contributed by atoms with Gasteiger partial charge in [-0.1, -0.05) is 29.8 Å². The van der Waals surface area contributed by atoms with Gasteiger partial charge in [0.15, 0.2) is 0 Å². The quantitative estimate of drug-likeness (QED) is 0.773. The summed E-state index contributed by atoms with van der Waals surface area (Å²) in [5.74, 6) is 0. The lowest BCUT2D eigenvalue weighted by atomic mass is 9.99. The molecule has 0 radical (unpaired) electrons. The zero-order valence-corrected chi connectivity index (χ0v) is 9.64. The Kier molecular flexibility index (Phi) is 4.27. The van der Waals surface area contributed by atoms with Crippen LogP contribution in [-0.4, -0.2) is 36.8 Å². The SMILES string of the molecule is Cc1ccc(C(C(O)CN)N(C)C)cc1. The molecule has 3 N–H and O–H groups in total. The van der Waals surface area contributed by atoms with Gasteiger partial charge in [0, 0.05) is 6.54 Å². The van der Waals surface area contributed by atoms with Crippen LogP contribution < -0.4 is 5.73 Å². The highest BCUT2D eigenvalue weighted by Gasteiger charge is 2.21. The molecule has 0 aliphatic heterocycles. The topological polar surface area (TPSA) is 49.5 Å². The van der Waals surface area contributed by atoms with Gasteiger partial charge in [-0.05, 0) is 26.6 Å². The molecule has 0 heterocycles. The second-order valence-corrected chi connectivity index (χ2v) is 4.12. The summed E-state index contributed by atoms with van der Waals surface area (Å²) < 4.78 is 0. The summed E-state index contributed by atoms with van der Waals surface area (Å²) in [6, 6.07) is 8.15. The summed E-state index contributed by atoms with van der Waals surface area (Å²) >= 11 is 0. The molecule has 0 bridgehead atoms. The molecule has 3 nitrogen and oxygen atoms in total. The van der Waals surface area contributed by atoms with Gasteiger partial charge in [0.25, 0.3) is 0 Å². The van der Waals surface area contributed by atoms with Crippen LogP contribution in [0.2, 0.25) is 0 Å². The maximum absolute atomic E-state index is 9.84. The van der Waals surface area contributed by atoms with E-state index in [-0.39, 0.29) is 12.6 Å². The van der Waals surface area contributed by atoms with Crippen molar-refractivity contribution < 1.29 is 5.11 Å². The van der Waals surface area contributed by atoms with Crippen LogP contribution in [0.4, 0.5) is 0 Å². The lowest BCUT2D eigenvalue weighted by molar-refractivity contribution is 0.0823. The van der Waals surface area contributed by atoms with Crippen molar-refractivity contribution in [1.82, 2.24) is 4.90 Å². The molecule has 0 saturated heterocycles. The maximum Gasteiger partial charge on any atom is 0.0858 e. The third-order valence-electron chi connectivity index (χ3n) is 2.58. The fraction of sp³-hybridized carbons (Fsp3) is 0.500. The number of aryl methyl sites for hydroxylation is 1.